The second-order valence-corrected chi connectivity index (χ2v) is 8.74. The molecule has 3 aromatic carbocycles. The summed E-state index contributed by atoms with van der Waals surface area (Å²) in [6.45, 7) is 4.48. The number of anilines is 1. The van der Waals surface area contributed by atoms with Crippen molar-refractivity contribution in [2.75, 3.05) is 31.6 Å². The Morgan fingerprint density at radius 1 is 0.941 bits per heavy atom. The van der Waals surface area contributed by atoms with E-state index in [1.807, 2.05) is 42.5 Å². The van der Waals surface area contributed by atoms with Crippen molar-refractivity contribution in [3.63, 3.8) is 0 Å². The van der Waals surface area contributed by atoms with Gasteiger partial charge in [-0.15, -0.1) is 11.6 Å². The molecule has 0 atom stereocenters. The lowest BCUT2D eigenvalue weighted by atomic mass is 10.1. The SMILES string of the molecule is O=C(Nc1cccc(-c2ccc3cc(CN4CCOCC4)ccc3n2)c1)c1ccc(CCl)cc1. The van der Waals surface area contributed by atoms with Crippen LogP contribution in [-0.2, 0) is 17.2 Å². The zero-order valence-corrected chi connectivity index (χ0v) is 19.6. The highest BCUT2D eigenvalue weighted by Crippen LogP contribution is 2.25. The van der Waals surface area contributed by atoms with Gasteiger partial charge < -0.3 is 10.1 Å². The second kappa shape index (κ2) is 10.3. The van der Waals surface area contributed by atoms with E-state index < -0.39 is 0 Å². The van der Waals surface area contributed by atoms with Crippen LogP contribution < -0.4 is 5.32 Å². The molecule has 1 N–H and O–H groups in total. The minimum atomic E-state index is -0.155. The molecule has 1 aromatic heterocycles. The number of alkyl halides is 1. The molecule has 0 spiro atoms. The highest BCUT2D eigenvalue weighted by Gasteiger charge is 2.12. The van der Waals surface area contributed by atoms with Crippen LogP contribution in [0.4, 0.5) is 5.69 Å². The van der Waals surface area contributed by atoms with Crippen molar-refractivity contribution >= 4 is 34.1 Å². The lowest BCUT2D eigenvalue weighted by Gasteiger charge is -2.26. The number of rotatable bonds is 6. The van der Waals surface area contributed by atoms with E-state index in [-0.39, 0.29) is 5.91 Å². The van der Waals surface area contributed by atoms with Gasteiger partial charge in [-0.3, -0.25) is 9.69 Å². The van der Waals surface area contributed by atoms with Crippen LogP contribution >= 0.6 is 11.6 Å². The van der Waals surface area contributed by atoms with E-state index >= 15 is 0 Å². The number of ether oxygens (including phenoxy) is 1. The topological polar surface area (TPSA) is 54.5 Å². The number of pyridine rings is 1. The molecule has 0 bridgehead atoms. The first kappa shape index (κ1) is 22.5. The molecule has 5 rings (SSSR count). The van der Waals surface area contributed by atoms with Gasteiger partial charge in [0.25, 0.3) is 5.91 Å². The van der Waals surface area contributed by atoms with Crippen LogP contribution in [0.15, 0.2) is 78.9 Å². The van der Waals surface area contributed by atoms with Crippen molar-refractivity contribution in [3.05, 3.63) is 95.6 Å². The Morgan fingerprint density at radius 3 is 2.53 bits per heavy atom. The molecule has 1 fully saturated rings. The van der Waals surface area contributed by atoms with Crippen molar-refractivity contribution in [2.24, 2.45) is 0 Å². The molecule has 1 aliphatic rings. The highest BCUT2D eigenvalue weighted by molar-refractivity contribution is 6.17. The maximum absolute atomic E-state index is 12.6. The molecule has 1 saturated heterocycles. The van der Waals surface area contributed by atoms with Gasteiger partial charge in [-0.25, -0.2) is 4.98 Å². The van der Waals surface area contributed by atoms with E-state index in [1.54, 1.807) is 12.1 Å². The third kappa shape index (κ3) is 5.28. The molecule has 172 valence electrons. The quantitative estimate of drug-likeness (QED) is 0.365. The highest BCUT2D eigenvalue weighted by atomic mass is 35.5. The Labute approximate surface area is 204 Å². The number of amides is 1. The number of halogens is 1. The second-order valence-electron chi connectivity index (χ2n) is 8.48. The molecule has 1 aliphatic heterocycles. The summed E-state index contributed by atoms with van der Waals surface area (Å²) in [6, 6.07) is 25.7. The Hall–Kier alpha value is -3.25. The molecule has 4 aromatic rings. The van der Waals surface area contributed by atoms with Gasteiger partial charge in [-0.1, -0.05) is 36.4 Å². The Kier molecular flexibility index (Phi) is 6.86. The zero-order valence-electron chi connectivity index (χ0n) is 18.8. The minimum Gasteiger partial charge on any atom is -0.379 e. The number of hydrogen-bond acceptors (Lipinski definition) is 4. The van der Waals surface area contributed by atoms with Crippen molar-refractivity contribution < 1.29 is 9.53 Å². The number of nitrogens with one attached hydrogen (secondary N) is 1. The molecule has 0 saturated carbocycles. The number of fused-ring (bicyclic) bond motifs is 1. The standard InChI is InChI=1S/C28H26ClN3O2/c29-18-20-4-7-22(8-5-20)28(33)30-25-3-1-2-23(17-25)27-11-9-24-16-21(6-10-26(24)31-27)19-32-12-14-34-15-13-32/h1-11,16-17H,12-15,18-19H2,(H,30,33). The summed E-state index contributed by atoms with van der Waals surface area (Å²) in [5.74, 6) is 0.273. The van der Waals surface area contributed by atoms with Crippen molar-refractivity contribution in [1.29, 1.82) is 0 Å². The normalized spacial score (nSPS) is 14.3. The molecule has 0 radical (unpaired) electrons. The van der Waals surface area contributed by atoms with Crippen LogP contribution in [0.25, 0.3) is 22.2 Å². The zero-order chi connectivity index (χ0) is 23.3. The Morgan fingerprint density at radius 2 is 1.74 bits per heavy atom. The minimum absolute atomic E-state index is 0.155. The smallest absolute Gasteiger partial charge is 0.255 e. The van der Waals surface area contributed by atoms with Crippen LogP contribution in [0, 0.1) is 0 Å². The first-order valence-corrected chi connectivity index (χ1v) is 12.0. The van der Waals surface area contributed by atoms with Crippen molar-refractivity contribution in [3.8, 4) is 11.3 Å². The lowest BCUT2D eigenvalue weighted by Crippen LogP contribution is -2.35. The molecule has 2 heterocycles. The van der Waals surface area contributed by atoms with Gasteiger partial charge in [0.15, 0.2) is 0 Å². The fourth-order valence-electron chi connectivity index (χ4n) is 4.16. The Balaban J connectivity index is 1.32. The largest absolute Gasteiger partial charge is 0.379 e. The third-order valence-corrected chi connectivity index (χ3v) is 6.36. The maximum Gasteiger partial charge on any atom is 0.255 e. The average molecular weight is 472 g/mol. The molecule has 6 heteroatoms. The monoisotopic (exact) mass is 471 g/mol. The van der Waals surface area contributed by atoms with Gasteiger partial charge in [0.1, 0.15) is 0 Å². The maximum atomic E-state index is 12.6. The number of carbonyl (C=O) groups is 1. The van der Waals surface area contributed by atoms with Crippen molar-refractivity contribution in [1.82, 2.24) is 9.88 Å². The van der Waals surface area contributed by atoms with Gasteiger partial charge in [-0.2, -0.15) is 0 Å². The molecular formula is C28H26ClN3O2. The molecule has 1 amide bonds. The molecule has 5 nitrogen and oxygen atoms in total. The molecular weight excluding hydrogens is 446 g/mol. The van der Waals surface area contributed by atoms with E-state index in [9.17, 15) is 4.79 Å². The van der Waals surface area contributed by atoms with E-state index in [2.05, 4.69) is 34.5 Å². The fourth-order valence-corrected chi connectivity index (χ4v) is 4.33. The summed E-state index contributed by atoms with van der Waals surface area (Å²) < 4.78 is 5.44. The van der Waals surface area contributed by atoms with E-state index in [0.717, 1.165) is 66.3 Å². The average Bonchev–Trinajstić information content (AvgIpc) is 2.89. The molecule has 0 aliphatic carbocycles. The van der Waals surface area contributed by atoms with Crippen LogP contribution in [-0.4, -0.2) is 42.1 Å². The summed E-state index contributed by atoms with van der Waals surface area (Å²) in [5.41, 5.74) is 6.37. The number of morpholine rings is 1. The summed E-state index contributed by atoms with van der Waals surface area (Å²) in [5, 5.41) is 4.10. The summed E-state index contributed by atoms with van der Waals surface area (Å²) in [4.78, 5) is 19.9. The first-order chi connectivity index (χ1) is 16.7. The number of benzene rings is 3. The first-order valence-electron chi connectivity index (χ1n) is 11.4. The van der Waals surface area contributed by atoms with Crippen LogP contribution in [0.1, 0.15) is 21.5 Å². The number of nitrogens with zero attached hydrogens (tertiary/aromatic N) is 2. The molecule has 34 heavy (non-hydrogen) atoms. The van der Waals surface area contributed by atoms with Gasteiger partial charge in [0.05, 0.1) is 24.4 Å². The van der Waals surface area contributed by atoms with Crippen LogP contribution in [0.2, 0.25) is 0 Å². The van der Waals surface area contributed by atoms with Gasteiger partial charge >= 0.3 is 0 Å². The summed E-state index contributed by atoms with van der Waals surface area (Å²) in [6.07, 6.45) is 0. The van der Waals surface area contributed by atoms with E-state index in [0.29, 0.717) is 11.4 Å². The predicted molar refractivity (Wildman–Crippen MR) is 137 cm³/mol. The number of aromatic nitrogens is 1. The van der Waals surface area contributed by atoms with E-state index in [1.165, 1.54) is 5.56 Å². The fraction of sp³-hybridized carbons (Fsp3) is 0.214. The van der Waals surface area contributed by atoms with Gasteiger partial charge in [0, 0.05) is 47.7 Å². The third-order valence-electron chi connectivity index (χ3n) is 6.05. The van der Waals surface area contributed by atoms with Crippen LogP contribution in [0.5, 0.6) is 0 Å². The van der Waals surface area contributed by atoms with Gasteiger partial charge in [-0.05, 0) is 53.6 Å². The summed E-state index contributed by atoms with van der Waals surface area (Å²) >= 11 is 5.84. The predicted octanol–water partition coefficient (Wildman–Crippen LogP) is 5.73. The number of hydrogen-bond donors (Lipinski definition) is 1. The van der Waals surface area contributed by atoms with E-state index in [4.69, 9.17) is 21.3 Å². The van der Waals surface area contributed by atoms with Crippen molar-refractivity contribution in [2.45, 2.75) is 12.4 Å². The lowest BCUT2D eigenvalue weighted by molar-refractivity contribution is 0.0342. The summed E-state index contributed by atoms with van der Waals surface area (Å²) in [7, 11) is 0. The Bertz CT molecular complexity index is 1300. The number of carbonyl (C=O) groups excluding carboxylic acids is 1. The van der Waals surface area contributed by atoms with Crippen LogP contribution in [0.3, 0.4) is 0 Å². The van der Waals surface area contributed by atoms with Gasteiger partial charge in [0.2, 0.25) is 0 Å². The molecule has 0 unspecified atom stereocenters.